The molecule has 170 valence electrons. The Kier molecular flexibility index (Phi) is 8.44. The van der Waals surface area contributed by atoms with Gasteiger partial charge in [0.05, 0.1) is 19.1 Å². The summed E-state index contributed by atoms with van der Waals surface area (Å²) in [5.41, 5.74) is -1.76. The zero-order chi connectivity index (χ0) is 23.2. The fourth-order valence-electron chi connectivity index (χ4n) is 2.77. The number of nitrogens with zero attached hydrogens (tertiary/aromatic N) is 2. The van der Waals surface area contributed by atoms with E-state index in [1.54, 1.807) is 54.7 Å². The highest BCUT2D eigenvalue weighted by atomic mass is 16.6. The van der Waals surface area contributed by atoms with Crippen LogP contribution in [0.4, 0.5) is 9.59 Å². The molecule has 1 rings (SSSR count). The molecule has 0 aliphatic carbocycles. The Labute approximate surface area is 178 Å². The summed E-state index contributed by atoms with van der Waals surface area (Å²) >= 11 is 0. The van der Waals surface area contributed by atoms with Gasteiger partial charge in [-0.2, -0.15) is 0 Å². The van der Waals surface area contributed by atoms with Gasteiger partial charge in [-0.3, -0.25) is 4.79 Å². The molecule has 0 fully saturated rings. The number of esters is 1. The zero-order valence-electron chi connectivity index (χ0n) is 19.3. The molecule has 1 unspecified atom stereocenters. The van der Waals surface area contributed by atoms with Crippen LogP contribution in [0.2, 0.25) is 0 Å². The molecular weight excluding hydrogens is 390 g/mol. The molecule has 0 spiro atoms. The molecule has 1 atom stereocenters. The van der Waals surface area contributed by atoms with Crippen molar-refractivity contribution in [3.63, 3.8) is 0 Å². The number of methoxy groups -OCH3 is 1. The second-order valence-corrected chi connectivity index (χ2v) is 9.36. The lowest BCUT2D eigenvalue weighted by Gasteiger charge is -2.29. The van der Waals surface area contributed by atoms with Gasteiger partial charge in [0.1, 0.15) is 16.6 Å². The number of aromatic nitrogens is 2. The molecule has 1 aromatic rings. The van der Waals surface area contributed by atoms with Crippen LogP contribution in [0.1, 0.15) is 73.4 Å². The number of hydrogen-bond donors (Lipinski definition) is 1. The lowest BCUT2D eigenvalue weighted by Crippen LogP contribution is -2.44. The number of hydrogen-bond acceptors (Lipinski definition) is 7. The second kappa shape index (κ2) is 9.95. The molecule has 0 saturated heterocycles. The summed E-state index contributed by atoms with van der Waals surface area (Å²) in [4.78, 5) is 45.3. The van der Waals surface area contributed by atoms with E-state index in [-0.39, 0.29) is 12.5 Å². The number of aromatic amines is 1. The Hall–Kier alpha value is -2.58. The van der Waals surface area contributed by atoms with Crippen molar-refractivity contribution >= 4 is 18.2 Å². The van der Waals surface area contributed by atoms with Crippen LogP contribution in [0.15, 0.2) is 12.5 Å². The monoisotopic (exact) mass is 425 g/mol. The van der Waals surface area contributed by atoms with Gasteiger partial charge in [-0.05, 0) is 61.3 Å². The molecule has 0 aliphatic heterocycles. The van der Waals surface area contributed by atoms with Gasteiger partial charge < -0.3 is 19.2 Å². The molecular formula is C21H35N3O6. The maximum Gasteiger partial charge on any atom is 0.419 e. The Bertz CT molecular complexity index is 690. The highest BCUT2D eigenvalue weighted by molar-refractivity contribution is 5.88. The number of unbranched alkanes of at least 4 members (excludes halogenated alkanes) is 1. The number of imidazole rings is 1. The average molecular weight is 426 g/mol. The minimum absolute atomic E-state index is 0.101. The molecule has 0 aliphatic rings. The molecule has 9 heteroatoms. The first-order valence-corrected chi connectivity index (χ1v) is 10.0. The van der Waals surface area contributed by atoms with E-state index < -0.39 is 28.8 Å². The number of rotatable bonds is 7. The summed E-state index contributed by atoms with van der Waals surface area (Å²) in [6, 6.07) is 0. The minimum Gasteiger partial charge on any atom is -0.468 e. The van der Waals surface area contributed by atoms with Crippen LogP contribution in [-0.4, -0.2) is 57.9 Å². The summed E-state index contributed by atoms with van der Waals surface area (Å²) in [7, 11) is 1.34. The second-order valence-electron chi connectivity index (χ2n) is 9.36. The Balaban J connectivity index is 2.83. The molecule has 2 amide bonds. The summed E-state index contributed by atoms with van der Waals surface area (Å²) < 4.78 is 15.7. The molecule has 0 aromatic carbocycles. The van der Waals surface area contributed by atoms with E-state index in [9.17, 15) is 14.4 Å². The van der Waals surface area contributed by atoms with E-state index in [0.717, 1.165) is 4.90 Å². The summed E-state index contributed by atoms with van der Waals surface area (Å²) in [5.74, 6) is -0.386. The van der Waals surface area contributed by atoms with Gasteiger partial charge in [-0.1, -0.05) is 6.42 Å². The fraction of sp³-hybridized carbons (Fsp3) is 0.714. The fourth-order valence-corrected chi connectivity index (χ4v) is 2.77. The van der Waals surface area contributed by atoms with Crippen LogP contribution in [0.5, 0.6) is 0 Å². The summed E-state index contributed by atoms with van der Waals surface area (Å²) in [6.45, 7) is 12.2. The van der Waals surface area contributed by atoms with E-state index in [1.807, 2.05) is 0 Å². The Morgan fingerprint density at radius 1 is 0.967 bits per heavy atom. The number of H-pyrrole nitrogens is 1. The topological polar surface area (TPSA) is 111 Å². The summed E-state index contributed by atoms with van der Waals surface area (Å²) in [5, 5.41) is 0. The van der Waals surface area contributed by atoms with Crippen LogP contribution in [0.25, 0.3) is 0 Å². The maximum atomic E-state index is 12.5. The zero-order valence-corrected chi connectivity index (χ0v) is 19.3. The van der Waals surface area contributed by atoms with Crippen LogP contribution in [0.3, 0.4) is 0 Å². The molecule has 9 nitrogen and oxygen atoms in total. The number of carbonyl (C=O) groups is 3. The van der Waals surface area contributed by atoms with Gasteiger partial charge in [-0.15, -0.1) is 0 Å². The van der Waals surface area contributed by atoms with E-state index in [1.165, 1.54) is 13.4 Å². The average Bonchev–Trinajstić information content (AvgIpc) is 3.12. The largest absolute Gasteiger partial charge is 0.468 e. The highest BCUT2D eigenvalue weighted by Crippen LogP contribution is 2.29. The number of nitrogens with one attached hydrogen (secondary N) is 1. The van der Waals surface area contributed by atoms with E-state index in [2.05, 4.69) is 9.97 Å². The lowest BCUT2D eigenvalue weighted by molar-refractivity contribution is -0.147. The first-order valence-electron chi connectivity index (χ1n) is 10.0. The van der Waals surface area contributed by atoms with E-state index in [4.69, 9.17) is 14.2 Å². The number of amides is 2. The third-order valence-corrected chi connectivity index (χ3v) is 4.26. The van der Waals surface area contributed by atoms with Crippen molar-refractivity contribution < 1.29 is 28.6 Å². The van der Waals surface area contributed by atoms with E-state index in [0.29, 0.717) is 25.0 Å². The molecule has 1 aromatic heterocycles. The lowest BCUT2D eigenvalue weighted by atomic mass is 9.82. The molecule has 1 N–H and O–H groups in total. The summed E-state index contributed by atoms with van der Waals surface area (Å²) in [6.07, 6.45) is 3.01. The van der Waals surface area contributed by atoms with Gasteiger partial charge in [0.2, 0.25) is 0 Å². The van der Waals surface area contributed by atoms with Crippen LogP contribution in [-0.2, 0) is 24.4 Å². The minimum atomic E-state index is -0.909. The number of imide groups is 1. The first kappa shape index (κ1) is 25.5. The van der Waals surface area contributed by atoms with Crippen molar-refractivity contribution in [1.29, 1.82) is 0 Å². The Morgan fingerprint density at radius 3 is 1.90 bits per heavy atom. The van der Waals surface area contributed by atoms with Crippen molar-refractivity contribution in [3.05, 3.63) is 18.2 Å². The standard InChI is InChI=1S/C21H35N3O6/c1-19(2,3)29-17(26)24(18(27)30-20(4,5)6)12-10-9-11-21(7,16(25)28-8)15-13-22-14-23-15/h13-14H,9-12H2,1-8H3,(H,22,23). The van der Waals surface area contributed by atoms with Crippen molar-refractivity contribution in [2.75, 3.05) is 13.7 Å². The van der Waals surface area contributed by atoms with Crippen molar-refractivity contribution in [3.8, 4) is 0 Å². The van der Waals surface area contributed by atoms with Crippen LogP contribution in [0, 0.1) is 0 Å². The smallest absolute Gasteiger partial charge is 0.419 e. The predicted octanol–water partition coefficient (Wildman–Crippen LogP) is 4.18. The van der Waals surface area contributed by atoms with Gasteiger partial charge in [0.25, 0.3) is 0 Å². The molecule has 1 heterocycles. The number of carbonyl (C=O) groups excluding carboxylic acids is 3. The van der Waals surface area contributed by atoms with Crippen molar-refractivity contribution in [2.45, 2.75) is 84.3 Å². The number of ether oxygens (including phenoxy) is 3. The molecule has 0 radical (unpaired) electrons. The predicted molar refractivity (Wildman–Crippen MR) is 111 cm³/mol. The van der Waals surface area contributed by atoms with Crippen molar-refractivity contribution in [1.82, 2.24) is 14.9 Å². The van der Waals surface area contributed by atoms with Crippen molar-refractivity contribution in [2.24, 2.45) is 0 Å². The maximum absolute atomic E-state index is 12.5. The van der Waals surface area contributed by atoms with Gasteiger partial charge in [0.15, 0.2) is 0 Å². The SMILES string of the molecule is COC(=O)C(C)(CCCCN(C(=O)OC(C)(C)C)C(=O)OC(C)(C)C)c1cnc[nH]1. The van der Waals surface area contributed by atoms with Gasteiger partial charge in [-0.25, -0.2) is 19.5 Å². The van der Waals surface area contributed by atoms with Crippen LogP contribution >= 0.6 is 0 Å². The van der Waals surface area contributed by atoms with E-state index >= 15 is 0 Å². The molecule has 30 heavy (non-hydrogen) atoms. The van der Waals surface area contributed by atoms with Crippen LogP contribution < -0.4 is 0 Å². The van der Waals surface area contributed by atoms with Gasteiger partial charge >= 0.3 is 18.2 Å². The highest BCUT2D eigenvalue weighted by Gasteiger charge is 2.37. The third-order valence-electron chi connectivity index (χ3n) is 4.26. The molecule has 0 bridgehead atoms. The quantitative estimate of drug-likeness (QED) is 0.396. The molecule has 0 saturated carbocycles. The normalized spacial score (nSPS) is 13.9. The third kappa shape index (κ3) is 7.68. The Morgan fingerprint density at radius 2 is 1.50 bits per heavy atom. The first-order chi connectivity index (χ1) is 13.7. The van der Waals surface area contributed by atoms with Gasteiger partial charge in [0, 0.05) is 12.7 Å².